The van der Waals surface area contributed by atoms with Crippen LogP contribution < -0.4 is 10.6 Å². The molecular weight excluding hydrogens is 478 g/mol. The molecule has 1 aromatic heterocycles. The third-order valence-corrected chi connectivity index (χ3v) is 7.47. The van der Waals surface area contributed by atoms with Crippen molar-refractivity contribution >= 4 is 46.2 Å². The summed E-state index contributed by atoms with van der Waals surface area (Å²) in [5.74, 6) is 0.920. The van der Waals surface area contributed by atoms with Gasteiger partial charge in [0.2, 0.25) is 11.8 Å². The zero-order valence-electron chi connectivity index (χ0n) is 19.9. The summed E-state index contributed by atoms with van der Waals surface area (Å²) >= 11 is 1.24. The van der Waals surface area contributed by atoms with Gasteiger partial charge in [0.1, 0.15) is 17.6 Å². The third kappa shape index (κ3) is 5.53. The highest BCUT2D eigenvalue weighted by atomic mass is 32.2. The molecule has 1 saturated carbocycles. The maximum atomic E-state index is 13.3. The first-order valence-corrected chi connectivity index (χ1v) is 13.4. The van der Waals surface area contributed by atoms with E-state index >= 15 is 0 Å². The molecule has 0 unspecified atom stereocenters. The first kappa shape index (κ1) is 24.3. The van der Waals surface area contributed by atoms with Crippen molar-refractivity contribution in [2.45, 2.75) is 63.6 Å². The predicted molar refractivity (Wildman–Crippen MR) is 138 cm³/mol. The maximum Gasteiger partial charge on any atom is 0.259 e. The number of amides is 3. The molecule has 1 atom stereocenters. The lowest BCUT2D eigenvalue weighted by Gasteiger charge is -2.26. The highest BCUT2D eigenvalue weighted by Gasteiger charge is 2.41. The molecule has 3 aliphatic rings. The lowest BCUT2D eigenvalue weighted by atomic mass is 9.95. The number of furan rings is 1. The normalized spacial score (nSPS) is 19.3. The van der Waals surface area contributed by atoms with E-state index in [1.807, 2.05) is 24.3 Å². The van der Waals surface area contributed by atoms with E-state index in [2.05, 4.69) is 20.6 Å². The fourth-order valence-electron chi connectivity index (χ4n) is 4.69. The van der Waals surface area contributed by atoms with E-state index in [-0.39, 0.29) is 42.4 Å². The van der Waals surface area contributed by atoms with Gasteiger partial charge in [0.25, 0.3) is 5.91 Å². The summed E-state index contributed by atoms with van der Waals surface area (Å²) in [6.45, 7) is 0.300. The van der Waals surface area contributed by atoms with Gasteiger partial charge in [-0.05, 0) is 43.5 Å². The molecule has 1 fully saturated rings. The van der Waals surface area contributed by atoms with Gasteiger partial charge in [-0.2, -0.15) is 0 Å². The van der Waals surface area contributed by atoms with E-state index in [9.17, 15) is 14.4 Å². The number of nitrogens with one attached hydrogen (secondary N) is 2. The smallest absolute Gasteiger partial charge is 0.259 e. The minimum absolute atomic E-state index is 0.0524. The quantitative estimate of drug-likeness (QED) is 0.567. The van der Waals surface area contributed by atoms with Gasteiger partial charge in [0.15, 0.2) is 5.17 Å². The standard InChI is InChI=1S/C26H29N5O4S/c32-22(27-15-18-9-6-14-35-18)13-12-21-25(34)31-24(29-21)19-10-4-5-11-20(19)30-26(31)36-16-23(33)28-17-7-2-1-3-8-17/h4-6,9-11,14,17,21H,1-3,7-8,12-13,15-16H2,(H,27,32)(H,28,33)/t21-/m0/s1. The second-order valence-corrected chi connectivity index (χ2v) is 10.1. The molecule has 2 aliphatic heterocycles. The summed E-state index contributed by atoms with van der Waals surface area (Å²) in [4.78, 5) is 49.1. The van der Waals surface area contributed by atoms with Crippen LogP contribution in [0.3, 0.4) is 0 Å². The van der Waals surface area contributed by atoms with Crippen LogP contribution in [0.2, 0.25) is 0 Å². The number of amidine groups is 2. The van der Waals surface area contributed by atoms with E-state index in [1.165, 1.54) is 23.1 Å². The van der Waals surface area contributed by atoms with Crippen LogP contribution in [0.15, 0.2) is 57.1 Å². The number of benzene rings is 1. The first-order chi connectivity index (χ1) is 17.6. The Bertz CT molecular complexity index is 1190. The van der Waals surface area contributed by atoms with Crippen molar-refractivity contribution in [3.05, 3.63) is 54.0 Å². The molecule has 0 bridgehead atoms. The number of hydrogen-bond donors (Lipinski definition) is 2. The molecule has 188 valence electrons. The summed E-state index contributed by atoms with van der Waals surface area (Å²) in [5, 5.41) is 6.36. The molecule has 9 nitrogen and oxygen atoms in total. The van der Waals surface area contributed by atoms with Gasteiger partial charge < -0.3 is 15.1 Å². The lowest BCUT2D eigenvalue weighted by Crippen LogP contribution is -2.42. The number of carbonyl (C=O) groups is 3. The Morgan fingerprint density at radius 3 is 2.72 bits per heavy atom. The van der Waals surface area contributed by atoms with Gasteiger partial charge in [-0.15, -0.1) is 0 Å². The number of nitrogens with zero attached hydrogens (tertiary/aromatic N) is 3. The largest absolute Gasteiger partial charge is 0.467 e. The molecule has 0 spiro atoms. The zero-order valence-corrected chi connectivity index (χ0v) is 20.8. The molecule has 2 aromatic rings. The van der Waals surface area contributed by atoms with Crippen LogP contribution in [0, 0.1) is 0 Å². The summed E-state index contributed by atoms with van der Waals surface area (Å²) in [7, 11) is 0. The average molecular weight is 508 g/mol. The minimum atomic E-state index is -0.678. The van der Waals surface area contributed by atoms with Gasteiger partial charge in [0, 0.05) is 18.0 Å². The first-order valence-electron chi connectivity index (χ1n) is 12.4. The molecule has 3 amide bonds. The van der Waals surface area contributed by atoms with Gasteiger partial charge >= 0.3 is 0 Å². The lowest BCUT2D eigenvalue weighted by molar-refractivity contribution is -0.125. The van der Waals surface area contributed by atoms with Crippen molar-refractivity contribution in [1.82, 2.24) is 15.5 Å². The Hall–Kier alpha value is -3.40. The van der Waals surface area contributed by atoms with Crippen LogP contribution in [0.4, 0.5) is 5.69 Å². The SMILES string of the molecule is O=C(CC[C@@H]1N=C2c3ccccc3N=C(SCC(=O)NC3CCCCC3)N2C1=O)NCc1ccco1. The fraction of sp³-hybridized carbons (Fsp3) is 0.423. The van der Waals surface area contributed by atoms with Crippen molar-refractivity contribution in [3.8, 4) is 0 Å². The Labute approximate surface area is 213 Å². The Morgan fingerprint density at radius 1 is 1.08 bits per heavy atom. The molecule has 0 saturated heterocycles. The molecule has 10 heteroatoms. The van der Waals surface area contributed by atoms with E-state index in [1.54, 1.807) is 18.4 Å². The zero-order chi connectivity index (χ0) is 24.9. The number of fused-ring (bicyclic) bond motifs is 3. The summed E-state index contributed by atoms with van der Waals surface area (Å²) in [5.41, 5.74) is 1.49. The molecule has 36 heavy (non-hydrogen) atoms. The summed E-state index contributed by atoms with van der Waals surface area (Å²) < 4.78 is 5.23. The Kier molecular flexibility index (Phi) is 7.50. The molecule has 2 N–H and O–H groups in total. The average Bonchev–Trinajstić information content (AvgIpc) is 3.53. The van der Waals surface area contributed by atoms with Crippen LogP contribution in [-0.4, -0.2) is 51.5 Å². The third-order valence-electron chi connectivity index (χ3n) is 6.54. The van der Waals surface area contributed by atoms with Gasteiger partial charge in [-0.3, -0.25) is 19.4 Å². The Balaban J connectivity index is 1.23. The highest BCUT2D eigenvalue weighted by molar-refractivity contribution is 8.14. The van der Waals surface area contributed by atoms with Gasteiger partial charge in [0.05, 0.1) is 24.2 Å². The molecule has 1 aromatic carbocycles. The maximum absolute atomic E-state index is 13.3. The molecule has 0 radical (unpaired) electrons. The number of carbonyl (C=O) groups excluding carboxylic acids is 3. The van der Waals surface area contributed by atoms with Crippen LogP contribution in [0.1, 0.15) is 56.3 Å². The number of rotatable bonds is 8. The van der Waals surface area contributed by atoms with Gasteiger partial charge in [-0.1, -0.05) is 43.2 Å². The van der Waals surface area contributed by atoms with Crippen molar-refractivity contribution in [2.24, 2.45) is 9.98 Å². The monoisotopic (exact) mass is 507 g/mol. The van der Waals surface area contributed by atoms with Crippen molar-refractivity contribution in [2.75, 3.05) is 5.75 Å². The fourth-order valence-corrected chi connectivity index (χ4v) is 5.50. The number of thioether (sulfide) groups is 1. The molecule has 1 aliphatic carbocycles. The van der Waals surface area contributed by atoms with E-state index in [4.69, 9.17) is 4.42 Å². The second kappa shape index (κ2) is 11.1. The van der Waals surface area contributed by atoms with Crippen molar-refractivity contribution in [3.63, 3.8) is 0 Å². The predicted octanol–water partition coefficient (Wildman–Crippen LogP) is 3.52. The van der Waals surface area contributed by atoms with Crippen LogP contribution in [0.25, 0.3) is 0 Å². The Morgan fingerprint density at radius 2 is 1.92 bits per heavy atom. The van der Waals surface area contributed by atoms with Crippen molar-refractivity contribution in [1.29, 1.82) is 0 Å². The number of aliphatic imine (C=N–C) groups is 2. The number of para-hydroxylation sites is 1. The van der Waals surface area contributed by atoms with Gasteiger partial charge in [-0.25, -0.2) is 9.89 Å². The van der Waals surface area contributed by atoms with E-state index in [0.29, 0.717) is 29.0 Å². The molecular formula is C26H29N5O4S. The van der Waals surface area contributed by atoms with Crippen LogP contribution >= 0.6 is 11.8 Å². The molecule has 5 rings (SSSR count). The van der Waals surface area contributed by atoms with E-state index < -0.39 is 6.04 Å². The minimum Gasteiger partial charge on any atom is -0.467 e. The summed E-state index contributed by atoms with van der Waals surface area (Å²) in [6.07, 6.45) is 7.55. The van der Waals surface area contributed by atoms with Crippen molar-refractivity contribution < 1.29 is 18.8 Å². The van der Waals surface area contributed by atoms with Crippen LogP contribution in [0.5, 0.6) is 0 Å². The van der Waals surface area contributed by atoms with E-state index in [0.717, 1.165) is 31.2 Å². The highest BCUT2D eigenvalue weighted by Crippen LogP contribution is 2.34. The second-order valence-electron chi connectivity index (χ2n) is 9.14. The molecule has 3 heterocycles. The number of hydrogen-bond acceptors (Lipinski definition) is 7. The summed E-state index contributed by atoms with van der Waals surface area (Å²) in [6, 6.07) is 10.6. The topological polar surface area (TPSA) is 116 Å². The van der Waals surface area contributed by atoms with Crippen LogP contribution in [-0.2, 0) is 20.9 Å².